The summed E-state index contributed by atoms with van der Waals surface area (Å²) in [7, 11) is -3.99. The Morgan fingerprint density at radius 3 is 2.26 bits per heavy atom. The number of benzene rings is 2. The molecule has 10 heteroatoms. The highest BCUT2D eigenvalue weighted by atomic mass is 32.2. The monoisotopic (exact) mass is 410 g/mol. The summed E-state index contributed by atoms with van der Waals surface area (Å²) in [4.78, 5) is 12.0. The average Bonchev–Trinajstić information content (AvgIpc) is 2.61. The third-order valence-corrected chi connectivity index (χ3v) is 4.86. The van der Waals surface area contributed by atoms with Crippen LogP contribution < -0.4 is 20.9 Å². The minimum atomic E-state index is -3.99. The van der Waals surface area contributed by atoms with Gasteiger partial charge in [0.2, 0.25) is 0 Å². The summed E-state index contributed by atoms with van der Waals surface area (Å²) in [6.07, 6.45) is 0. The lowest BCUT2D eigenvalue weighted by molar-refractivity contribution is 0.0943. The third kappa shape index (κ3) is 5.90. The van der Waals surface area contributed by atoms with Crippen LogP contribution in [0.3, 0.4) is 0 Å². The summed E-state index contributed by atoms with van der Waals surface area (Å²) < 4.78 is 40.5. The molecule has 0 atom stereocenters. The van der Waals surface area contributed by atoms with E-state index in [0.717, 1.165) is 6.07 Å². The predicted octanol–water partition coefficient (Wildman–Crippen LogP) is 2.14. The van der Waals surface area contributed by atoms with E-state index < -0.39 is 21.7 Å². The molecule has 2 aromatic rings. The van der Waals surface area contributed by atoms with Crippen LogP contribution in [0.1, 0.15) is 24.2 Å². The van der Waals surface area contributed by atoms with Gasteiger partial charge < -0.3 is 5.32 Å². The third-order valence-electron chi connectivity index (χ3n) is 3.25. The number of para-hydroxylation sites is 1. The number of thiocarbonyl (C=S) groups is 1. The number of rotatable bonds is 5. The van der Waals surface area contributed by atoms with Gasteiger partial charge in [-0.3, -0.25) is 20.4 Å². The van der Waals surface area contributed by atoms with Gasteiger partial charge in [0.1, 0.15) is 5.82 Å². The number of carbonyl (C=O) groups excluding carboxylic acids is 1. The lowest BCUT2D eigenvalue weighted by Crippen LogP contribution is -2.48. The van der Waals surface area contributed by atoms with Crippen molar-refractivity contribution in [3.8, 4) is 0 Å². The molecule has 4 N–H and O–H groups in total. The number of anilines is 1. The number of hydrogen-bond donors (Lipinski definition) is 4. The Kier molecular flexibility index (Phi) is 6.70. The molecule has 0 bridgehead atoms. The van der Waals surface area contributed by atoms with Crippen molar-refractivity contribution in [2.75, 3.05) is 4.72 Å². The Balaban J connectivity index is 2.04. The first-order valence-corrected chi connectivity index (χ1v) is 9.82. The molecule has 0 aliphatic heterocycles. The standard InChI is InChI=1S/C17H19FN4O3S2/c1-11(2)19-17(26)21-20-16(23)12-7-9-13(10-8-12)27(24,25)22-15-6-4-3-5-14(15)18/h3-11,22H,1-2H3,(H,20,23)(H2,19,21,26). The van der Waals surface area contributed by atoms with Gasteiger partial charge in [-0.2, -0.15) is 0 Å². The number of halogens is 1. The maximum Gasteiger partial charge on any atom is 0.269 e. The zero-order valence-corrected chi connectivity index (χ0v) is 16.2. The summed E-state index contributed by atoms with van der Waals surface area (Å²) in [6, 6.07) is 10.7. The van der Waals surface area contributed by atoms with E-state index in [0.29, 0.717) is 0 Å². The summed E-state index contributed by atoms with van der Waals surface area (Å²) in [6.45, 7) is 3.79. The molecule has 2 aromatic carbocycles. The van der Waals surface area contributed by atoms with E-state index in [9.17, 15) is 17.6 Å². The molecule has 0 fully saturated rings. The van der Waals surface area contributed by atoms with Crippen LogP contribution in [0.4, 0.5) is 10.1 Å². The van der Waals surface area contributed by atoms with Crippen LogP contribution in [0.2, 0.25) is 0 Å². The van der Waals surface area contributed by atoms with Crippen LogP contribution in [0.5, 0.6) is 0 Å². The van der Waals surface area contributed by atoms with Gasteiger partial charge in [-0.15, -0.1) is 0 Å². The molecule has 2 rings (SSSR count). The topological polar surface area (TPSA) is 99.3 Å². The molecule has 0 spiro atoms. The van der Waals surface area contributed by atoms with Crippen LogP contribution in [0, 0.1) is 5.82 Å². The van der Waals surface area contributed by atoms with E-state index in [-0.39, 0.29) is 27.3 Å². The van der Waals surface area contributed by atoms with Crippen molar-refractivity contribution in [1.82, 2.24) is 16.2 Å². The van der Waals surface area contributed by atoms with Gasteiger partial charge in [-0.1, -0.05) is 12.1 Å². The normalized spacial score (nSPS) is 11.0. The van der Waals surface area contributed by atoms with Gasteiger partial charge in [0, 0.05) is 11.6 Å². The van der Waals surface area contributed by atoms with Gasteiger partial charge in [-0.05, 0) is 62.5 Å². The molecule has 0 radical (unpaired) electrons. The maximum absolute atomic E-state index is 13.6. The number of sulfonamides is 1. The first-order chi connectivity index (χ1) is 12.7. The zero-order valence-electron chi connectivity index (χ0n) is 14.6. The van der Waals surface area contributed by atoms with E-state index in [4.69, 9.17) is 12.2 Å². The number of hydrogen-bond acceptors (Lipinski definition) is 4. The van der Waals surface area contributed by atoms with E-state index in [1.165, 1.54) is 42.5 Å². The summed E-state index contributed by atoms with van der Waals surface area (Å²) in [5, 5.41) is 3.15. The molecule has 0 saturated carbocycles. The lowest BCUT2D eigenvalue weighted by atomic mass is 10.2. The highest BCUT2D eigenvalue weighted by molar-refractivity contribution is 7.92. The Bertz CT molecular complexity index is 931. The van der Waals surface area contributed by atoms with Crippen molar-refractivity contribution in [2.45, 2.75) is 24.8 Å². The van der Waals surface area contributed by atoms with Gasteiger partial charge in [-0.25, -0.2) is 12.8 Å². The number of nitrogens with one attached hydrogen (secondary N) is 4. The summed E-state index contributed by atoms with van der Waals surface area (Å²) in [5.74, 6) is -1.18. The second-order valence-electron chi connectivity index (χ2n) is 5.82. The van der Waals surface area contributed by atoms with Crippen LogP contribution in [0.25, 0.3) is 0 Å². The van der Waals surface area contributed by atoms with E-state index >= 15 is 0 Å². The Labute approximate surface area is 162 Å². The van der Waals surface area contributed by atoms with E-state index in [2.05, 4.69) is 20.9 Å². The molecule has 0 aliphatic rings. The first kappa shape index (κ1) is 20.6. The van der Waals surface area contributed by atoms with Crippen molar-refractivity contribution < 1.29 is 17.6 Å². The van der Waals surface area contributed by atoms with Gasteiger partial charge in [0.05, 0.1) is 10.6 Å². The fourth-order valence-corrected chi connectivity index (χ4v) is 3.37. The minimum Gasteiger partial charge on any atom is -0.359 e. The Hall–Kier alpha value is -2.72. The molecular formula is C17H19FN4O3S2. The molecule has 0 unspecified atom stereocenters. The van der Waals surface area contributed by atoms with Crippen molar-refractivity contribution in [3.63, 3.8) is 0 Å². The minimum absolute atomic E-state index is 0.104. The zero-order chi connectivity index (χ0) is 20.0. The van der Waals surface area contributed by atoms with Crippen molar-refractivity contribution in [2.24, 2.45) is 0 Å². The molecule has 0 aliphatic carbocycles. The highest BCUT2D eigenvalue weighted by Crippen LogP contribution is 2.19. The molecule has 7 nitrogen and oxygen atoms in total. The number of hydrazine groups is 1. The number of carbonyl (C=O) groups is 1. The average molecular weight is 410 g/mol. The fraction of sp³-hybridized carbons (Fsp3) is 0.176. The highest BCUT2D eigenvalue weighted by Gasteiger charge is 2.17. The maximum atomic E-state index is 13.6. The molecule has 0 saturated heterocycles. The summed E-state index contributed by atoms with van der Waals surface area (Å²) in [5.41, 5.74) is 5.01. The van der Waals surface area contributed by atoms with Gasteiger partial charge in [0.15, 0.2) is 5.11 Å². The smallest absolute Gasteiger partial charge is 0.269 e. The van der Waals surface area contributed by atoms with Gasteiger partial charge >= 0.3 is 0 Å². The van der Waals surface area contributed by atoms with Crippen LogP contribution in [-0.2, 0) is 10.0 Å². The molecule has 144 valence electrons. The predicted molar refractivity (Wildman–Crippen MR) is 105 cm³/mol. The Morgan fingerprint density at radius 1 is 1.04 bits per heavy atom. The molecule has 27 heavy (non-hydrogen) atoms. The Morgan fingerprint density at radius 2 is 1.67 bits per heavy atom. The fourth-order valence-electron chi connectivity index (χ4n) is 2.02. The molecular weight excluding hydrogens is 391 g/mol. The van der Waals surface area contributed by atoms with E-state index in [1.807, 2.05) is 13.8 Å². The second-order valence-corrected chi connectivity index (χ2v) is 7.91. The van der Waals surface area contributed by atoms with Crippen LogP contribution >= 0.6 is 12.2 Å². The van der Waals surface area contributed by atoms with Crippen LogP contribution in [0.15, 0.2) is 53.4 Å². The van der Waals surface area contributed by atoms with Gasteiger partial charge in [0.25, 0.3) is 15.9 Å². The first-order valence-electron chi connectivity index (χ1n) is 7.93. The lowest BCUT2D eigenvalue weighted by Gasteiger charge is -2.14. The van der Waals surface area contributed by atoms with Crippen molar-refractivity contribution in [3.05, 3.63) is 59.9 Å². The van der Waals surface area contributed by atoms with Crippen molar-refractivity contribution >= 4 is 38.9 Å². The van der Waals surface area contributed by atoms with Crippen molar-refractivity contribution in [1.29, 1.82) is 0 Å². The molecule has 1 amide bonds. The second kappa shape index (κ2) is 8.78. The quantitative estimate of drug-likeness (QED) is 0.445. The van der Waals surface area contributed by atoms with E-state index in [1.54, 1.807) is 0 Å². The SMILES string of the molecule is CC(C)NC(=S)NNC(=O)c1ccc(S(=O)(=O)Nc2ccccc2F)cc1. The molecule has 0 aromatic heterocycles. The molecule has 0 heterocycles. The summed E-state index contributed by atoms with van der Waals surface area (Å²) >= 11 is 4.99. The van der Waals surface area contributed by atoms with Crippen LogP contribution in [-0.4, -0.2) is 25.5 Å². The number of amides is 1. The largest absolute Gasteiger partial charge is 0.359 e.